The third-order valence-corrected chi connectivity index (χ3v) is 9.00. The minimum Gasteiger partial charge on any atom is -0.350 e. The number of piperidine rings is 1. The molecule has 2 aliphatic rings. The van der Waals surface area contributed by atoms with Gasteiger partial charge >= 0.3 is 6.03 Å². The number of ketones is 1. The molecule has 5 N–H and O–H groups in total. The first-order valence-corrected chi connectivity index (χ1v) is 16.2. The van der Waals surface area contributed by atoms with E-state index in [2.05, 4.69) is 26.6 Å². The van der Waals surface area contributed by atoms with Gasteiger partial charge in [0.2, 0.25) is 23.5 Å². The van der Waals surface area contributed by atoms with Crippen LogP contribution in [0.3, 0.4) is 0 Å². The molecule has 2 fully saturated rings. The number of nitrogens with zero attached hydrogens (tertiary/aromatic N) is 1. The molecule has 12 nitrogen and oxygen atoms in total. The lowest BCUT2D eigenvalue weighted by atomic mass is 9.85. The average Bonchev–Trinajstić information content (AvgIpc) is 3.27. The quantitative estimate of drug-likeness (QED) is 0.168. The van der Waals surface area contributed by atoms with Gasteiger partial charge in [0.05, 0.1) is 12.6 Å². The Balaban J connectivity index is 1.70. The predicted octanol–water partition coefficient (Wildman–Crippen LogP) is 2.42. The first-order valence-electron chi connectivity index (χ1n) is 15.5. The molecule has 1 saturated heterocycles. The molecule has 14 heteroatoms. The molecule has 0 aromatic heterocycles. The van der Waals surface area contributed by atoms with Gasteiger partial charge in [-0.25, -0.2) is 4.79 Å². The van der Waals surface area contributed by atoms with Gasteiger partial charge in [0.25, 0.3) is 5.91 Å². The molecule has 0 bridgehead atoms. The molecule has 254 valence electrons. The number of benzene rings is 1. The van der Waals surface area contributed by atoms with Crippen molar-refractivity contribution in [3.05, 3.63) is 35.9 Å². The maximum Gasteiger partial charge on any atom is 0.315 e. The van der Waals surface area contributed by atoms with Crippen LogP contribution < -0.4 is 26.6 Å². The van der Waals surface area contributed by atoms with Gasteiger partial charge in [-0.15, -0.1) is 23.2 Å². The van der Waals surface area contributed by atoms with Crippen LogP contribution in [0.1, 0.15) is 66.9 Å². The summed E-state index contributed by atoms with van der Waals surface area (Å²) in [7, 11) is 0. The van der Waals surface area contributed by atoms with Gasteiger partial charge in [-0.1, -0.05) is 64.4 Å². The van der Waals surface area contributed by atoms with Crippen molar-refractivity contribution in [2.24, 2.45) is 17.3 Å². The average molecular weight is 682 g/mol. The van der Waals surface area contributed by atoms with E-state index in [0.717, 1.165) is 5.56 Å². The van der Waals surface area contributed by atoms with Crippen molar-refractivity contribution in [1.82, 2.24) is 31.5 Å². The van der Waals surface area contributed by atoms with Gasteiger partial charge < -0.3 is 31.5 Å². The molecule has 1 aromatic rings. The topological polar surface area (TPSA) is 166 Å². The number of carbonyl (C=O) groups is 6. The predicted molar refractivity (Wildman–Crippen MR) is 175 cm³/mol. The number of hydrogen-bond donors (Lipinski definition) is 5. The fourth-order valence-electron chi connectivity index (χ4n) is 5.54. The van der Waals surface area contributed by atoms with Crippen LogP contribution in [0, 0.1) is 17.3 Å². The first-order chi connectivity index (χ1) is 21.3. The Morgan fingerprint density at radius 2 is 1.59 bits per heavy atom. The van der Waals surface area contributed by atoms with E-state index in [4.69, 9.17) is 23.2 Å². The van der Waals surface area contributed by atoms with Crippen molar-refractivity contribution in [2.45, 2.75) is 95.9 Å². The number of carbonyl (C=O) groups excluding carboxylic acids is 6. The lowest BCUT2D eigenvalue weighted by molar-refractivity contribution is -0.144. The Morgan fingerprint density at radius 1 is 0.957 bits per heavy atom. The molecule has 46 heavy (non-hydrogen) atoms. The van der Waals surface area contributed by atoms with E-state index >= 15 is 0 Å². The zero-order valence-electron chi connectivity index (χ0n) is 27.5. The fraction of sp³-hybridized carbons (Fsp3) is 0.625. The summed E-state index contributed by atoms with van der Waals surface area (Å²) in [5, 5.41) is 13.2. The van der Waals surface area contributed by atoms with E-state index in [1.165, 1.54) is 4.90 Å². The van der Waals surface area contributed by atoms with E-state index in [1.54, 1.807) is 27.7 Å². The lowest BCUT2D eigenvalue weighted by Gasteiger charge is -2.38. The van der Waals surface area contributed by atoms with Crippen molar-refractivity contribution in [3.63, 3.8) is 0 Å². The highest BCUT2D eigenvalue weighted by molar-refractivity contribution is 6.51. The molecule has 6 amide bonds. The second kappa shape index (κ2) is 14.6. The number of hydrogen-bond acceptors (Lipinski definition) is 6. The number of likely N-dealkylation sites (tertiary alicyclic amines) is 1. The van der Waals surface area contributed by atoms with E-state index in [1.807, 2.05) is 51.1 Å². The molecule has 1 heterocycles. The van der Waals surface area contributed by atoms with Crippen LogP contribution in [0.25, 0.3) is 0 Å². The molecule has 1 saturated carbocycles. The molecule has 1 aliphatic heterocycles. The van der Waals surface area contributed by atoms with Gasteiger partial charge in [0, 0.05) is 30.5 Å². The number of rotatable bonds is 12. The fourth-order valence-corrected chi connectivity index (χ4v) is 6.36. The van der Waals surface area contributed by atoms with E-state index in [-0.39, 0.29) is 19.5 Å². The Bertz CT molecular complexity index is 1330. The summed E-state index contributed by atoms with van der Waals surface area (Å²) < 4.78 is -1.25. The van der Waals surface area contributed by atoms with Gasteiger partial charge in [0.1, 0.15) is 16.4 Å². The van der Waals surface area contributed by atoms with Crippen molar-refractivity contribution in [2.75, 3.05) is 13.1 Å². The molecule has 1 aromatic carbocycles. The maximum absolute atomic E-state index is 14.0. The molecule has 5 atom stereocenters. The van der Waals surface area contributed by atoms with Gasteiger partial charge in [-0.05, 0) is 38.2 Å². The third kappa shape index (κ3) is 9.34. The highest BCUT2D eigenvalue weighted by Gasteiger charge is 2.74. The number of Topliss-reactive ketones (excluding diaryl/α,β-unsaturated/α-hetero) is 1. The van der Waals surface area contributed by atoms with Crippen LogP contribution in [0.5, 0.6) is 0 Å². The van der Waals surface area contributed by atoms with Gasteiger partial charge in [-0.2, -0.15) is 0 Å². The highest BCUT2D eigenvalue weighted by atomic mass is 35.5. The smallest absolute Gasteiger partial charge is 0.315 e. The zero-order chi connectivity index (χ0) is 34.6. The molecule has 3 rings (SSSR count). The maximum atomic E-state index is 14.0. The van der Waals surface area contributed by atoms with Gasteiger partial charge in [-0.3, -0.25) is 24.0 Å². The largest absolute Gasteiger partial charge is 0.350 e. The van der Waals surface area contributed by atoms with Crippen LogP contribution in [0.2, 0.25) is 0 Å². The number of halogens is 2. The Morgan fingerprint density at radius 3 is 2.15 bits per heavy atom. The van der Waals surface area contributed by atoms with Crippen molar-refractivity contribution < 1.29 is 28.8 Å². The SMILES string of the molecule is CCCC(NC(=O)C1C2C(CN1C(=O)[C@@H](NC(=O)NC(C)(C)C)C(C)(C)C)C2(Cl)Cl)C(=O)C(=O)NCC(=O)NCc1ccccc1. The Hall–Kier alpha value is -3.38. The van der Waals surface area contributed by atoms with Gasteiger partial charge in [0.15, 0.2) is 0 Å². The summed E-state index contributed by atoms with van der Waals surface area (Å²) >= 11 is 13.0. The zero-order valence-corrected chi connectivity index (χ0v) is 29.0. The van der Waals surface area contributed by atoms with Crippen LogP contribution in [-0.4, -0.2) is 81.4 Å². The monoisotopic (exact) mass is 680 g/mol. The summed E-state index contributed by atoms with van der Waals surface area (Å²) in [4.78, 5) is 80.0. The van der Waals surface area contributed by atoms with E-state index in [9.17, 15) is 28.8 Å². The second-order valence-corrected chi connectivity index (χ2v) is 15.5. The summed E-state index contributed by atoms with van der Waals surface area (Å²) in [6.45, 7) is 12.5. The number of alkyl halides is 2. The number of amides is 6. The molecular formula is C32H46Cl2N6O6. The van der Waals surface area contributed by atoms with Crippen molar-refractivity contribution >= 4 is 58.6 Å². The lowest BCUT2D eigenvalue weighted by Crippen LogP contribution is -2.62. The second-order valence-electron chi connectivity index (χ2n) is 14.0. The highest BCUT2D eigenvalue weighted by Crippen LogP contribution is 2.65. The minimum atomic E-state index is -1.25. The Kier molecular flexibility index (Phi) is 11.8. The standard InChI is InChI=1S/C32H46Cl2N6O6/c1-8-12-20(24(42)27(44)36-16-21(41)35-15-18-13-10-9-11-14-18)37-26(43)23-22-19(32(22,33)34)17-40(23)28(45)25(30(2,3)4)38-29(46)39-31(5,6)7/h9-11,13-14,19-20,22-23,25H,8,12,15-17H2,1-7H3,(H,35,41)(H,36,44)(H,37,43)(H2,38,39,46)/t19?,20?,22?,23?,25-/m1/s1. The van der Waals surface area contributed by atoms with Crippen LogP contribution in [0.15, 0.2) is 30.3 Å². The molecule has 4 unspecified atom stereocenters. The third-order valence-electron chi connectivity index (χ3n) is 7.94. The molecule has 0 spiro atoms. The summed E-state index contributed by atoms with van der Waals surface area (Å²) in [5.74, 6) is -4.61. The molecule has 1 aliphatic carbocycles. The summed E-state index contributed by atoms with van der Waals surface area (Å²) in [6, 6.07) is 5.30. The summed E-state index contributed by atoms with van der Waals surface area (Å²) in [6.07, 6.45) is 0.591. The molecule has 0 radical (unpaired) electrons. The minimum absolute atomic E-state index is 0.0781. The van der Waals surface area contributed by atoms with Crippen molar-refractivity contribution in [3.8, 4) is 0 Å². The normalized spacial score (nSPS) is 21.2. The van der Waals surface area contributed by atoms with E-state index < -0.39 is 87.2 Å². The number of nitrogens with one attached hydrogen (secondary N) is 5. The molecular weight excluding hydrogens is 635 g/mol. The van der Waals surface area contributed by atoms with Crippen LogP contribution in [0.4, 0.5) is 4.79 Å². The Labute approximate surface area is 280 Å². The number of urea groups is 1. The first kappa shape index (κ1) is 37.1. The number of fused-ring (bicyclic) bond motifs is 1. The van der Waals surface area contributed by atoms with E-state index in [0.29, 0.717) is 6.42 Å². The summed E-state index contributed by atoms with van der Waals surface area (Å²) in [5.41, 5.74) is -0.411. The van der Waals surface area contributed by atoms with Crippen LogP contribution in [-0.2, 0) is 30.5 Å². The van der Waals surface area contributed by atoms with Crippen molar-refractivity contribution in [1.29, 1.82) is 0 Å². The van der Waals surface area contributed by atoms with Crippen LogP contribution >= 0.6 is 23.2 Å².